The van der Waals surface area contributed by atoms with Crippen LogP contribution in [0, 0.1) is 0 Å². The summed E-state index contributed by atoms with van der Waals surface area (Å²) in [6.45, 7) is 7.65. The monoisotopic (exact) mass is 523 g/mol. The lowest BCUT2D eigenvalue weighted by Crippen LogP contribution is -2.41. The maximum atomic E-state index is 12.6. The first-order chi connectivity index (χ1) is 18.7. The normalized spacial score (nSPS) is 14.8. The molecule has 0 unspecified atom stereocenters. The van der Waals surface area contributed by atoms with Crippen LogP contribution in [0.5, 0.6) is 0 Å². The molecule has 2 aromatic carbocycles. The Morgan fingerprint density at radius 2 is 1.85 bits per heavy atom. The fourth-order valence-electron chi connectivity index (χ4n) is 5.37. The Balaban J connectivity index is 1.30. The number of fused-ring (bicyclic) bond motifs is 2. The second-order valence-corrected chi connectivity index (χ2v) is 11.2. The third kappa shape index (κ3) is 5.04. The van der Waals surface area contributed by atoms with Crippen molar-refractivity contribution in [1.29, 1.82) is 0 Å². The fraction of sp³-hybridized carbons (Fsp3) is 0.333. The highest BCUT2D eigenvalue weighted by Crippen LogP contribution is 2.37. The van der Waals surface area contributed by atoms with Gasteiger partial charge in [-0.3, -0.25) is 4.68 Å². The number of carbonyl (C=O) groups is 1. The maximum absolute atomic E-state index is 12.6. The molecule has 200 valence electrons. The van der Waals surface area contributed by atoms with E-state index in [1.165, 1.54) is 11.9 Å². The standard InChI is InChI=1S/C30H33N7O2/c1-30(2,3)39-29(38)35-13-11-21(12-14-35)26-16-24(27-28(31)32-19-33-37(26)27)22-9-10-23-18-36(34-25(23)15-22)17-20-7-5-4-6-8-20/h4-10,15-16,18-19,21H,11-14,17H2,1-3H3,(H2,31,32,33). The molecule has 1 aliphatic heterocycles. The van der Waals surface area contributed by atoms with Crippen molar-refractivity contribution in [2.45, 2.75) is 51.7 Å². The lowest BCUT2D eigenvalue weighted by atomic mass is 9.93. The van der Waals surface area contributed by atoms with E-state index in [-0.39, 0.29) is 12.0 Å². The first kappa shape index (κ1) is 24.9. The number of nitrogens with zero attached hydrogens (tertiary/aromatic N) is 6. The van der Waals surface area contributed by atoms with Gasteiger partial charge in [0.15, 0.2) is 5.82 Å². The van der Waals surface area contributed by atoms with Gasteiger partial charge in [-0.25, -0.2) is 14.3 Å². The van der Waals surface area contributed by atoms with Crippen LogP contribution in [0.3, 0.4) is 0 Å². The summed E-state index contributed by atoms with van der Waals surface area (Å²) >= 11 is 0. The van der Waals surface area contributed by atoms with Gasteiger partial charge in [0.2, 0.25) is 0 Å². The van der Waals surface area contributed by atoms with Gasteiger partial charge in [0.1, 0.15) is 17.4 Å². The number of ether oxygens (including phenoxy) is 1. The molecule has 1 aliphatic rings. The molecule has 9 nitrogen and oxygen atoms in total. The van der Waals surface area contributed by atoms with Crippen LogP contribution in [0.1, 0.15) is 50.8 Å². The highest BCUT2D eigenvalue weighted by atomic mass is 16.6. The van der Waals surface area contributed by atoms with Crippen molar-refractivity contribution in [3.63, 3.8) is 0 Å². The summed E-state index contributed by atoms with van der Waals surface area (Å²) in [5.74, 6) is 0.667. The molecule has 1 saturated heterocycles. The van der Waals surface area contributed by atoms with Crippen LogP contribution < -0.4 is 5.73 Å². The minimum atomic E-state index is -0.506. The van der Waals surface area contributed by atoms with E-state index >= 15 is 0 Å². The number of nitrogens with two attached hydrogens (primary N) is 1. The molecule has 4 heterocycles. The molecular formula is C30H33N7O2. The number of piperidine rings is 1. The molecule has 5 aromatic rings. The molecule has 9 heteroatoms. The lowest BCUT2D eigenvalue weighted by Gasteiger charge is -2.33. The predicted molar refractivity (Wildman–Crippen MR) is 151 cm³/mol. The summed E-state index contributed by atoms with van der Waals surface area (Å²) in [4.78, 5) is 18.7. The summed E-state index contributed by atoms with van der Waals surface area (Å²) in [5, 5.41) is 10.5. The van der Waals surface area contributed by atoms with Gasteiger partial charge in [-0.2, -0.15) is 10.2 Å². The lowest BCUT2D eigenvalue weighted by molar-refractivity contribution is 0.0203. The fourth-order valence-corrected chi connectivity index (χ4v) is 5.37. The van der Waals surface area contributed by atoms with E-state index in [1.54, 1.807) is 4.90 Å². The number of carbonyl (C=O) groups excluding carboxylic acids is 1. The topological polar surface area (TPSA) is 104 Å². The van der Waals surface area contributed by atoms with Crippen molar-refractivity contribution in [3.8, 4) is 11.1 Å². The Labute approximate surface area is 227 Å². The number of likely N-dealkylation sites (tertiary alicyclic amines) is 1. The number of hydrogen-bond donors (Lipinski definition) is 1. The minimum Gasteiger partial charge on any atom is -0.444 e. The van der Waals surface area contributed by atoms with Crippen LogP contribution in [0.25, 0.3) is 27.5 Å². The molecule has 3 aromatic heterocycles. The molecule has 0 aliphatic carbocycles. The molecule has 0 radical (unpaired) electrons. The summed E-state index contributed by atoms with van der Waals surface area (Å²) in [6, 6.07) is 18.8. The molecule has 0 saturated carbocycles. The maximum Gasteiger partial charge on any atom is 0.410 e. The van der Waals surface area contributed by atoms with Crippen molar-refractivity contribution in [2.75, 3.05) is 18.8 Å². The first-order valence-electron chi connectivity index (χ1n) is 13.4. The Hall–Kier alpha value is -4.40. The van der Waals surface area contributed by atoms with Gasteiger partial charge in [0.05, 0.1) is 12.1 Å². The zero-order chi connectivity index (χ0) is 27.1. The van der Waals surface area contributed by atoms with Gasteiger partial charge in [0.25, 0.3) is 0 Å². The van der Waals surface area contributed by atoms with E-state index < -0.39 is 5.60 Å². The Kier molecular flexibility index (Phi) is 6.21. The number of rotatable bonds is 4. The van der Waals surface area contributed by atoms with Crippen LogP contribution in [-0.4, -0.2) is 54.1 Å². The summed E-state index contributed by atoms with van der Waals surface area (Å²) in [5.41, 5.74) is 11.9. The summed E-state index contributed by atoms with van der Waals surface area (Å²) in [6.07, 6.45) is 4.95. The van der Waals surface area contributed by atoms with E-state index in [4.69, 9.17) is 15.6 Å². The van der Waals surface area contributed by atoms with Gasteiger partial charge in [0, 0.05) is 41.8 Å². The molecule has 0 bridgehead atoms. The van der Waals surface area contributed by atoms with E-state index in [9.17, 15) is 4.79 Å². The predicted octanol–water partition coefficient (Wildman–Crippen LogP) is 5.49. The molecule has 1 amide bonds. The van der Waals surface area contributed by atoms with E-state index in [1.807, 2.05) is 48.2 Å². The number of anilines is 1. The molecule has 39 heavy (non-hydrogen) atoms. The van der Waals surface area contributed by atoms with Gasteiger partial charge in [-0.15, -0.1) is 0 Å². The van der Waals surface area contributed by atoms with Crippen LogP contribution in [0.15, 0.2) is 67.1 Å². The molecule has 1 fully saturated rings. The zero-order valence-electron chi connectivity index (χ0n) is 22.5. The average molecular weight is 524 g/mol. The van der Waals surface area contributed by atoms with Crippen molar-refractivity contribution in [1.82, 2.24) is 29.3 Å². The Morgan fingerprint density at radius 3 is 2.59 bits per heavy atom. The molecule has 6 rings (SSSR count). The average Bonchev–Trinajstić information content (AvgIpc) is 3.50. The van der Waals surface area contributed by atoms with E-state index in [2.05, 4.69) is 52.7 Å². The highest BCUT2D eigenvalue weighted by Gasteiger charge is 2.30. The van der Waals surface area contributed by atoms with Gasteiger partial charge >= 0.3 is 6.09 Å². The van der Waals surface area contributed by atoms with Crippen LogP contribution in [0.2, 0.25) is 0 Å². The van der Waals surface area contributed by atoms with Crippen LogP contribution >= 0.6 is 0 Å². The SMILES string of the molecule is CC(C)(C)OC(=O)N1CCC(c2cc(-c3ccc4cn(Cc5ccccc5)nc4c3)c3c(N)ncnn23)CC1. The van der Waals surface area contributed by atoms with Crippen LogP contribution in [0.4, 0.5) is 10.6 Å². The second kappa shape index (κ2) is 9.72. The largest absolute Gasteiger partial charge is 0.444 e. The third-order valence-electron chi connectivity index (χ3n) is 7.23. The van der Waals surface area contributed by atoms with Gasteiger partial charge in [-0.05, 0) is 56.9 Å². The number of benzene rings is 2. The first-order valence-corrected chi connectivity index (χ1v) is 13.4. The van der Waals surface area contributed by atoms with Gasteiger partial charge in [-0.1, -0.05) is 42.5 Å². The minimum absolute atomic E-state index is 0.230. The number of amides is 1. The summed E-state index contributed by atoms with van der Waals surface area (Å²) in [7, 11) is 0. The molecule has 0 spiro atoms. The quantitative estimate of drug-likeness (QED) is 0.334. The van der Waals surface area contributed by atoms with Gasteiger partial charge < -0.3 is 15.4 Å². The van der Waals surface area contributed by atoms with E-state index in [0.29, 0.717) is 25.5 Å². The molecule has 0 atom stereocenters. The Bertz CT molecular complexity index is 1640. The van der Waals surface area contributed by atoms with Crippen molar-refractivity contribution in [2.24, 2.45) is 0 Å². The number of hydrogen-bond acceptors (Lipinski definition) is 6. The number of aromatic nitrogens is 5. The highest BCUT2D eigenvalue weighted by molar-refractivity contribution is 5.92. The molecule has 2 N–H and O–H groups in total. The third-order valence-corrected chi connectivity index (χ3v) is 7.23. The smallest absolute Gasteiger partial charge is 0.410 e. The molecular weight excluding hydrogens is 490 g/mol. The second-order valence-electron chi connectivity index (χ2n) is 11.2. The van der Waals surface area contributed by atoms with Crippen molar-refractivity contribution < 1.29 is 9.53 Å². The van der Waals surface area contributed by atoms with Crippen LogP contribution in [-0.2, 0) is 11.3 Å². The van der Waals surface area contributed by atoms with Crippen molar-refractivity contribution in [3.05, 3.63) is 78.4 Å². The van der Waals surface area contributed by atoms with Crippen molar-refractivity contribution >= 4 is 28.3 Å². The number of nitrogen functional groups attached to an aromatic ring is 1. The summed E-state index contributed by atoms with van der Waals surface area (Å²) < 4.78 is 9.47. The zero-order valence-corrected chi connectivity index (χ0v) is 22.5. The Morgan fingerprint density at radius 1 is 1.08 bits per heavy atom. The van der Waals surface area contributed by atoms with E-state index in [0.717, 1.165) is 46.1 Å².